The lowest BCUT2D eigenvalue weighted by Crippen LogP contribution is -2.24. The average Bonchev–Trinajstić information content (AvgIpc) is 2.49. The van der Waals surface area contributed by atoms with Crippen LogP contribution in [0.15, 0.2) is 54.6 Å². The van der Waals surface area contributed by atoms with Gasteiger partial charge in [0.25, 0.3) is 0 Å². The molecule has 1 unspecified atom stereocenters. The van der Waals surface area contributed by atoms with E-state index < -0.39 is 0 Å². The number of hydrogen-bond acceptors (Lipinski definition) is 3. The summed E-state index contributed by atoms with van der Waals surface area (Å²) in [7, 11) is 1.91. The van der Waals surface area contributed by atoms with Crippen LogP contribution in [0.25, 0.3) is 0 Å². The minimum Gasteiger partial charge on any atom is -0.489 e. The fraction of sp³-hybridized carbons (Fsp3) is 0.250. The largest absolute Gasteiger partial charge is 0.489 e. The highest BCUT2D eigenvalue weighted by molar-refractivity contribution is 5.29. The lowest BCUT2D eigenvalue weighted by Gasteiger charge is -2.14. The molecule has 0 heterocycles. The van der Waals surface area contributed by atoms with Crippen molar-refractivity contribution in [2.45, 2.75) is 12.6 Å². The van der Waals surface area contributed by atoms with Gasteiger partial charge in [0, 0.05) is 12.6 Å². The Morgan fingerprint density at radius 2 is 1.74 bits per heavy atom. The maximum atomic E-state index is 5.74. The van der Waals surface area contributed by atoms with Gasteiger partial charge < -0.3 is 15.8 Å². The fourth-order valence-electron chi connectivity index (χ4n) is 1.96. The molecule has 0 fully saturated rings. The van der Waals surface area contributed by atoms with Gasteiger partial charge in [-0.2, -0.15) is 0 Å². The van der Waals surface area contributed by atoms with E-state index in [-0.39, 0.29) is 6.04 Å². The van der Waals surface area contributed by atoms with E-state index in [0.29, 0.717) is 13.2 Å². The summed E-state index contributed by atoms with van der Waals surface area (Å²) in [4.78, 5) is 0. The van der Waals surface area contributed by atoms with E-state index in [1.54, 1.807) is 0 Å². The number of rotatable bonds is 6. The Morgan fingerprint density at radius 3 is 2.32 bits per heavy atom. The molecule has 2 aromatic rings. The highest BCUT2D eigenvalue weighted by atomic mass is 16.5. The molecular formula is C16H20N2O. The first-order valence-corrected chi connectivity index (χ1v) is 6.47. The minimum atomic E-state index is 0.197. The van der Waals surface area contributed by atoms with Gasteiger partial charge in [0.1, 0.15) is 12.4 Å². The zero-order valence-corrected chi connectivity index (χ0v) is 11.2. The molecule has 3 N–H and O–H groups in total. The normalized spacial score (nSPS) is 12.1. The third kappa shape index (κ3) is 3.81. The monoisotopic (exact) mass is 256 g/mol. The summed E-state index contributed by atoms with van der Waals surface area (Å²) in [6.07, 6.45) is 0. The van der Waals surface area contributed by atoms with Crippen molar-refractivity contribution >= 4 is 0 Å². The van der Waals surface area contributed by atoms with Crippen molar-refractivity contribution in [2.75, 3.05) is 13.6 Å². The third-order valence-corrected chi connectivity index (χ3v) is 3.11. The van der Waals surface area contributed by atoms with E-state index in [1.807, 2.05) is 49.5 Å². The van der Waals surface area contributed by atoms with Gasteiger partial charge in [0.2, 0.25) is 0 Å². The molecule has 0 radical (unpaired) electrons. The van der Waals surface area contributed by atoms with E-state index in [2.05, 4.69) is 17.4 Å². The summed E-state index contributed by atoms with van der Waals surface area (Å²) in [5.41, 5.74) is 8.04. The molecule has 0 bridgehead atoms. The molecule has 0 aliphatic heterocycles. The molecule has 19 heavy (non-hydrogen) atoms. The quantitative estimate of drug-likeness (QED) is 0.834. The first-order chi connectivity index (χ1) is 9.33. The molecule has 0 amide bonds. The van der Waals surface area contributed by atoms with E-state index in [0.717, 1.165) is 5.75 Å². The van der Waals surface area contributed by atoms with Gasteiger partial charge in [-0.3, -0.25) is 0 Å². The first-order valence-electron chi connectivity index (χ1n) is 6.47. The fourth-order valence-corrected chi connectivity index (χ4v) is 1.96. The predicted octanol–water partition coefficient (Wildman–Crippen LogP) is 2.48. The summed E-state index contributed by atoms with van der Waals surface area (Å²) in [6.45, 7) is 1.17. The van der Waals surface area contributed by atoms with Gasteiger partial charge in [-0.15, -0.1) is 0 Å². The minimum absolute atomic E-state index is 0.197. The van der Waals surface area contributed by atoms with Gasteiger partial charge >= 0.3 is 0 Å². The van der Waals surface area contributed by atoms with Crippen molar-refractivity contribution in [1.29, 1.82) is 0 Å². The van der Waals surface area contributed by atoms with Crippen molar-refractivity contribution in [3.05, 3.63) is 65.7 Å². The zero-order valence-electron chi connectivity index (χ0n) is 11.2. The number of benzene rings is 2. The molecule has 0 aliphatic rings. The topological polar surface area (TPSA) is 47.3 Å². The Hall–Kier alpha value is -1.84. The van der Waals surface area contributed by atoms with Crippen molar-refractivity contribution in [2.24, 2.45) is 5.73 Å². The second-order valence-corrected chi connectivity index (χ2v) is 4.42. The van der Waals surface area contributed by atoms with Crippen molar-refractivity contribution in [3.63, 3.8) is 0 Å². The molecule has 2 aromatic carbocycles. The van der Waals surface area contributed by atoms with Crippen LogP contribution in [0, 0.1) is 0 Å². The molecule has 0 saturated carbocycles. The first kappa shape index (κ1) is 13.6. The van der Waals surface area contributed by atoms with Gasteiger partial charge in [-0.05, 0) is 30.3 Å². The smallest absolute Gasteiger partial charge is 0.119 e. The maximum absolute atomic E-state index is 5.74. The Labute approximate surface area is 114 Å². The van der Waals surface area contributed by atoms with E-state index >= 15 is 0 Å². The second-order valence-electron chi connectivity index (χ2n) is 4.42. The summed E-state index contributed by atoms with van der Waals surface area (Å²) in [5, 5.41) is 3.18. The lowest BCUT2D eigenvalue weighted by molar-refractivity contribution is 0.306. The van der Waals surface area contributed by atoms with Crippen LogP contribution in [-0.4, -0.2) is 13.6 Å². The van der Waals surface area contributed by atoms with Crippen LogP contribution in [0.5, 0.6) is 5.75 Å². The van der Waals surface area contributed by atoms with Crippen LogP contribution < -0.4 is 15.8 Å². The highest BCUT2D eigenvalue weighted by Crippen LogP contribution is 2.18. The summed E-state index contributed by atoms with van der Waals surface area (Å²) < 4.78 is 5.74. The average molecular weight is 256 g/mol. The summed E-state index contributed by atoms with van der Waals surface area (Å²) >= 11 is 0. The second kappa shape index (κ2) is 6.92. The Bertz CT molecular complexity index is 478. The molecular weight excluding hydrogens is 236 g/mol. The van der Waals surface area contributed by atoms with Crippen LogP contribution >= 0.6 is 0 Å². The zero-order chi connectivity index (χ0) is 13.5. The molecule has 100 valence electrons. The van der Waals surface area contributed by atoms with Crippen molar-refractivity contribution in [3.8, 4) is 5.75 Å². The van der Waals surface area contributed by atoms with E-state index in [9.17, 15) is 0 Å². The van der Waals surface area contributed by atoms with Crippen LogP contribution in [-0.2, 0) is 6.61 Å². The Balaban J connectivity index is 1.95. The van der Waals surface area contributed by atoms with Gasteiger partial charge in [0.15, 0.2) is 0 Å². The number of hydrogen-bond donors (Lipinski definition) is 2. The van der Waals surface area contributed by atoms with Crippen LogP contribution in [0.1, 0.15) is 17.2 Å². The van der Waals surface area contributed by atoms with Gasteiger partial charge in [-0.25, -0.2) is 0 Å². The standard InChI is InChI=1S/C16H20N2O/c1-18-16(11-17)14-7-9-15(10-8-14)19-12-13-5-3-2-4-6-13/h2-10,16,18H,11-12,17H2,1H3. The van der Waals surface area contributed by atoms with E-state index in [1.165, 1.54) is 11.1 Å². The predicted molar refractivity (Wildman–Crippen MR) is 78.1 cm³/mol. The molecule has 2 rings (SSSR count). The van der Waals surface area contributed by atoms with Gasteiger partial charge in [-0.1, -0.05) is 42.5 Å². The molecule has 3 heteroatoms. The molecule has 0 aromatic heterocycles. The molecule has 1 atom stereocenters. The summed E-state index contributed by atoms with van der Waals surface area (Å²) in [6, 6.07) is 18.4. The Kier molecular flexibility index (Phi) is 4.95. The molecule has 0 aliphatic carbocycles. The Morgan fingerprint density at radius 1 is 1.05 bits per heavy atom. The third-order valence-electron chi connectivity index (χ3n) is 3.11. The van der Waals surface area contributed by atoms with Gasteiger partial charge in [0.05, 0.1) is 0 Å². The number of ether oxygens (including phenoxy) is 1. The SMILES string of the molecule is CNC(CN)c1ccc(OCc2ccccc2)cc1. The van der Waals surface area contributed by atoms with Crippen LogP contribution in [0.3, 0.4) is 0 Å². The maximum Gasteiger partial charge on any atom is 0.119 e. The lowest BCUT2D eigenvalue weighted by atomic mass is 10.1. The van der Waals surface area contributed by atoms with Crippen molar-refractivity contribution < 1.29 is 4.74 Å². The number of nitrogens with two attached hydrogens (primary N) is 1. The number of likely N-dealkylation sites (N-methyl/N-ethyl adjacent to an activating group) is 1. The summed E-state index contributed by atoms with van der Waals surface area (Å²) in [5.74, 6) is 0.875. The molecule has 0 spiro atoms. The van der Waals surface area contributed by atoms with Crippen LogP contribution in [0.4, 0.5) is 0 Å². The number of nitrogens with one attached hydrogen (secondary N) is 1. The molecule has 0 saturated heterocycles. The molecule has 3 nitrogen and oxygen atoms in total. The van der Waals surface area contributed by atoms with E-state index in [4.69, 9.17) is 10.5 Å². The highest BCUT2D eigenvalue weighted by Gasteiger charge is 2.06. The van der Waals surface area contributed by atoms with Crippen molar-refractivity contribution in [1.82, 2.24) is 5.32 Å². The van der Waals surface area contributed by atoms with Crippen LogP contribution in [0.2, 0.25) is 0 Å².